The molecule has 0 spiro atoms. The van der Waals surface area contributed by atoms with Gasteiger partial charge in [-0.05, 0) is 61.4 Å². The number of hydrogen-bond donors (Lipinski definition) is 0. The van der Waals surface area contributed by atoms with E-state index in [-0.39, 0.29) is 36.0 Å². The Bertz CT molecular complexity index is 1260. The summed E-state index contributed by atoms with van der Waals surface area (Å²) >= 11 is 6.49. The third kappa shape index (κ3) is 6.25. The second-order valence-corrected chi connectivity index (χ2v) is 8.17. The van der Waals surface area contributed by atoms with Gasteiger partial charge in [-0.2, -0.15) is 0 Å². The SMILES string of the molecule is CCC(=O)OCCOC(=O)N(c1ccc(C(=O)c2ccccc2C)c(Cl)c1)c1ccc(F)cc1C. The molecule has 0 aliphatic carbocycles. The van der Waals surface area contributed by atoms with E-state index in [0.29, 0.717) is 22.5 Å². The minimum absolute atomic E-state index is 0.0979. The van der Waals surface area contributed by atoms with E-state index in [4.69, 9.17) is 21.1 Å². The Morgan fingerprint density at radius 1 is 0.886 bits per heavy atom. The lowest BCUT2D eigenvalue weighted by molar-refractivity contribution is -0.144. The van der Waals surface area contributed by atoms with E-state index in [2.05, 4.69) is 0 Å². The number of carbonyl (C=O) groups is 3. The minimum Gasteiger partial charge on any atom is -0.462 e. The highest BCUT2D eigenvalue weighted by molar-refractivity contribution is 6.35. The topological polar surface area (TPSA) is 72.9 Å². The molecule has 0 aromatic heterocycles. The summed E-state index contributed by atoms with van der Waals surface area (Å²) in [6.45, 7) is 4.88. The van der Waals surface area contributed by atoms with Gasteiger partial charge in [0.1, 0.15) is 19.0 Å². The van der Waals surface area contributed by atoms with Crippen LogP contribution < -0.4 is 4.90 Å². The molecule has 0 heterocycles. The Kier molecular flexibility index (Phi) is 8.60. The van der Waals surface area contributed by atoms with E-state index in [0.717, 1.165) is 5.56 Å². The number of esters is 1. The fraction of sp³-hybridized carbons (Fsp3) is 0.222. The molecule has 3 aromatic carbocycles. The number of nitrogens with zero attached hydrogens (tertiary/aromatic N) is 1. The highest BCUT2D eigenvalue weighted by Gasteiger charge is 2.24. The van der Waals surface area contributed by atoms with E-state index in [1.807, 2.05) is 19.1 Å². The standard InChI is InChI=1S/C27H25ClFNO5/c1-4-25(31)34-13-14-35-27(33)30(24-12-9-19(29)15-18(24)3)20-10-11-22(23(28)16-20)26(32)21-8-6-5-7-17(21)2/h5-12,15-16H,4,13-14H2,1-3H3. The Balaban J connectivity index is 1.93. The first-order valence-electron chi connectivity index (χ1n) is 11.0. The molecular weight excluding hydrogens is 473 g/mol. The molecule has 3 rings (SSSR count). The second kappa shape index (κ2) is 11.6. The maximum atomic E-state index is 13.7. The van der Waals surface area contributed by atoms with Crippen LogP contribution in [0.1, 0.15) is 40.4 Å². The third-order valence-electron chi connectivity index (χ3n) is 5.29. The molecule has 3 aromatic rings. The summed E-state index contributed by atoms with van der Waals surface area (Å²) in [7, 11) is 0. The van der Waals surface area contributed by atoms with Crippen molar-refractivity contribution in [2.45, 2.75) is 27.2 Å². The number of anilines is 2. The minimum atomic E-state index is -0.777. The lowest BCUT2D eigenvalue weighted by Gasteiger charge is -2.24. The van der Waals surface area contributed by atoms with Gasteiger partial charge < -0.3 is 9.47 Å². The molecule has 0 fully saturated rings. The summed E-state index contributed by atoms with van der Waals surface area (Å²) in [4.78, 5) is 38.6. The lowest BCUT2D eigenvalue weighted by Crippen LogP contribution is -2.29. The van der Waals surface area contributed by atoms with Crippen LogP contribution in [-0.4, -0.2) is 31.1 Å². The van der Waals surface area contributed by atoms with Gasteiger partial charge in [0.2, 0.25) is 0 Å². The summed E-state index contributed by atoms with van der Waals surface area (Å²) in [6.07, 6.45) is -0.567. The maximum absolute atomic E-state index is 13.7. The monoisotopic (exact) mass is 497 g/mol. The van der Waals surface area contributed by atoms with Crippen LogP contribution in [-0.2, 0) is 14.3 Å². The third-order valence-corrected chi connectivity index (χ3v) is 5.60. The lowest BCUT2D eigenvalue weighted by atomic mass is 9.99. The molecule has 0 bridgehead atoms. The van der Waals surface area contributed by atoms with Crippen molar-refractivity contribution >= 4 is 40.8 Å². The van der Waals surface area contributed by atoms with E-state index < -0.39 is 17.9 Å². The number of amides is 1. The number of ketones is 1. The number of benzene rings is 3. The molecule has 0 atom stereocenters. The molecule has 8 heteroatoms. The van der Waals surface area contributed by atoms with E-state index in [1.165, 1.54) is 35.2 Å². The molecule has 1 amide bonds. The van der Waals surface area contributed by atoms with Crippen LogP contribution in [0.15, 0.2) is 60.7 Å². The molecule has 0 aliphatic rings. The van der Waals surface area contributed by atoms with Crippen molar-refractivity contribution in [3.05, 3.63) is 93.8 Å². The van der Waals surface area contributed by atoms with Crippen LogP contribution >= 0.6 is 11.6 Å². The predicted molar refractivity (Wildman–Crippen MR) is 132 cm³/mol. The van der Waals surface area contributed by atoms with E-state index in [9.17, 15) is 18.8 Å². The summed E-state index contributed by atoms with van der Waals surface area (Å²) < 4.78 is 24.0. The van der Waals surface area contributed by atoms with Gasteiger partial charge in [-0.3, -0.25) is 9.59 Å². The number of rotatable bonds is 8. The molecule has 0 aliphatic heterocycles. The summed E-state index contributed by atoms with van der Waals surface area (Å²) in [6, 6.07) is 15.7. The van der Waals surface area contributed by atoms with Crippen molar-refractivity contribution < 1.29 is 28.2 Å². The summed E-state index contributed by atoms with van der Waals surface area (Å²) in [5.41, 5.74) is 2.79. The number of carbonyl (C=O) groups excluding carboxylic acids is 3. The predicted octanol–water partition coefficient (Wildman–Crippen LogP) is 6.55. The van der Waals surface area contributed by atoms with Crippen LogP contribution in [0, 0.1) is 19.7 Å². The smallest absolute Gasteiger partial charge is 0.419 e. The molecular formula is C27H25ClFNO5. The summed E-state index contributed by atoms with van der Waals surface area (Å²) in [5, 5.41) is 0.144. The van der Waals surface area contributed by atoms with Gasteiger partial charge in [-0.1, -0.05) is 42.8 Å². The fourth-order valence-electron chi connectivity index (χ4n) is 3.46. The van der Waals surface area contributed by atoms with Crippen molar-refractivity contribution in [3.8, 4) is 0 Å². The molecule has 182 valence electrons. The van der Waals surface area contributed by atoms with Crippen LogP contribution in [0.4, 0.5) is 20.6 Å². The molecule has 0 saturated heterocycles. The Hall–Kier alpha value is -3.71. The molecule has 0 radical (unpaired) electrons. The molecule has 35 heavy (non-hydrogen) atoms. The molecule has 0 N–H and O–H groups in total. The van der Waals surface area contributed by atoms with Gasteiger partial charge >= 0.3 is 12.1 Å². The fourth-order valence-corrected chi connectivity index (χ4v) is 3.72. The zero-order chi connectivity index (χ0) is 25.5. The van der Waals surface area contributed by atoms with Gasteiger partial charge in [-0.25, -0.2) is 14.1 Å². The van der Waals surface area contributed by atoms with Crippen LogP contribution in [0.25, 0.3) is 0 Å². The zero-order valence-corrected chi connectivity index (χ0v) is 20.4. The average Bonchev–Trinajstić information content (AvgIpc) is 2.83. The van der Waals surface area contributed by atoms with Crippen LogP contribution in [0.5, 0.6) is 0 Å². The first-order chi connectivity index (χ1) is 16.7. The van der Waals surface area contributed by atoms with Crippen molar-refractivity contribution in [1.82, 2.24) is 0 Å². The average molecular weight is 498 g/mol. The zero-order valence-electron chi connectivity index (χ0n) is 19.6. The van der Waals surface area contributed by atoms with Gasteiger partial charge in [0, 0.05) is 17.5 Å². The van der Waals surface area contributed by atoms with Crippen LogP contribution in [0.2, 0.25) is 5.02 Å². The van der Waals surface area contributed by atoms with Gasteiger partial charge in [0.05, 0.1) is 16.4 Å². The van der Waals surface area contributed by atoms with Crippen molar-refractivity contribution in [2.24, 2.45) is 0 Å². The summed E-state index contributed by atoms with van der Waals surface area (Å²) in [5.74, 6) is -1.11. The number of hydrogen-bond acceptors (Lipinski definition) is 5. The second-order valence-electron chi connectivity index (χ2n) is 7.76. The Morgan fingerprint density at radius 2 is 1.60 bits per heavy atom. The molecule has 6 nitrogen and oxygen atoms in total. The largest absolute Gasteiger partial charge is 0.462 e. The van der Waals surface area contributed by atoms with Gasteiger partial charge in [0.25, 0.3) is 0 Å². The quantitative estimate of drug-likeness (QED) is 0.200. The van der Waals surface area contributed by atoms with Crippen molar-refractivity contribution in [2.75, 3.05) is 18.1 Å². The number of aryl methyl sites for hydroxylation is 2. The van der Waals surface area contributed by atoms with Gasteiger partial charge in [0.15, 0.2) is 5.78 Å². The maximum Gasteiger partial charge on any atom is 0.419 e. The molecule has 0 saturated carbocycles. The van der Waals surface area contributed by atoms with Crippen molar-refractivity contribution in [1.29, 1.82) is 0 Å². The van der Waals surface area contributed by atoms with Crippen molar-refractivity contribution in [3.63, 3.8) is 0 Å². The Labute approximate surface area is 208 Å². The Morgan fingerprint density at radius 3 is 2.26 bits per heavy atom. The van der Waals surface area contributed by atoms with Gasteiger partial charge in [-0.15, -0.1) is 0 Å². The molecule has 0 unspecified atom stereocenters. The van der Waals surface area contributed by atoms with E-state index in [1.54, 1.807) is 32.0 Å². The highest BCUT2D eigenvalue weighted by Crippen LogP contribution is 2.33. The highest BCUT2D eigenvalue weighted by atomic mass is 35.5. The first-order valence-corrected chi connectivity index (χ1v) is 11.4. The number of ether oxygens (including phenoxy) is 2. The first kappa shape index (κ1) is 25.9. The van der Waals surface area contributed by atoms with E-state index >= 15 is 0 Å². The normalized spacial score (nSPS) is 10.5. The van der Waals surface area contributed by atoms with Crippen LogP contribution in [0.3, 0.4) is 0 Å². The number of halogens is 2.